The van der Waals surface area contributed by atoms with Crippen LogP contribution in [-0.2, 0) is 16.6 Å². The van der Waals surface area contributed by atoms with Gasteiger partial charge in [-0.25, -0.2) is 4.98 Å². The molecule has 0 aliphatic rings. The Hall–Kier alpha value is -2.63. The molecule has 1 amide bonds. The smallest absolute Gasteiger partial charge is 0.307 e. The second-order valence-electron chi connectivity index (χ2n) is 5.21. The molecule has 6 heteroatoms. The monoisotopic (exact) mass is 315 g/mol. The molecule has 0 spiro atoms. The maximum absolute atomic E-state index is 12.5. The van der Waals surface area contributed by atoms with Crippen molar-refractivity contribution < 1.29 is 14.3 Å². The molecule has 23 heavy (non-hydrogen) atoms. The Morgan fingerprint density at radius 3 is 2.61 bits per heavy atom. The lowest BCUT2D eigenvalue weighted by Crippen LogP contribution is -2.31. The molecule has 0 atom stereocenters. The Kier molecular flexibility index (Phi) is 5.51. The molecule has 0 unspecified atom stereocenters. The molecule has 2 rings (SSSR count). The third-order valence-electron chi connectivity index (χ3n) is 3.44. The number of amides is 1. The maximum Gasteiger partial charge on any atom is 0.307 e. The first-order valence-corrected chi connectivity index (χ1v) is 7.52. The Bertz CT molecular complexity index is 680. The summed E-state index contributed by atoms with van der Waals surface area (Å²) in [7, 11) is 3.43. The molecular weight excluding hydrogens is 294 g/mol. The number of aryl methyl sites for hydroxylation is 1. The van der Waals surface area contributed by atoms with E-state index in [1.54, 1.807) is 25.6 Å². The molecular formula is C17H21N3O3. The Morgan fingerprint density at radius 2 is 1.96 bits per heavy atom. The number of hydrogen-bond acceptors (Lipinski definition) is 4. The van der Waals surface area contributed by atoms with Gasteiger partial charge in [0.05, 0.1) is 18.7 Å². The average molecular weight is 315 g/mol. The summed E-state index contributed by atoms with van der Waals surface area (Å²) in [5.74, 6) is -0.189. The number of esters is 1. The molecule has 0 fully saturated rings. The zero-order valence-electron chi connectivity index (χ0n) is 13.7. The lowest BCUT2D eigenvalue weighted by atomic mass is 10.2. The average Bonchev–Trinajstić information content (AvgIpc) is 2.95. The van der Waals surface area contributed by atoms with Gasteiger partial charge in [-0.2, -0.15) is 0 Å². The van der Waals surface area contributed by atoms with Gasteiger partial charge < -0.3 is 14.2 Å². The fourth-order valence-corrected chi connectivity index (χ4v) is 2.18. The fourth-order valence-electron chi connectivity index (χ4n) is 2.18. The summed E-state index contributed by atoms with van der Waals surface area (Å²) >= 11 is 0. The van der Waals surface area contributed by atoms with E-state index in [-0.39, 0.29) is 18.3 Å². The number of nitrogens with zero attached hydrogens (tertiary/aromatic N) is 3. The first kappa shape index (κ1) is 16.7. The zero-order chi connectivity index (χ0) is 16.8. The Balaban J connectivity index is 2.07. The number of ether oxygens (including phenoxy) is 1. The van der Waals surface area contributed by atoms with E-state index in [4.69, 9.17) is 4.74 Å². The number of aromatic nitrogens is 2. The molecule has 0 N–H and O–H groups in total. The summed E-state index contributed by atoms with van der Waals surface area (Å²) in [4.78, 5) is 29.8. The van der Waals surface area contributed by atoms with Crippen LogP contribution in [-0.4, -0.2) is 46.5 Å². The van der Waals surface area contributed by atoms with Crippen molar-refractivity contribution in [2.24, 2.45) is 7.05 Å². The van der Waals surface area contributed by atoms with E-state index in [0.717, 1.165) is 11.3 Å². The van der Waals surface area contributed by atoms with Crippen molar-refractivity contribution in [2.75, 3.05) is 20.2 Å². The van der Waals surface area contributed by atoms with E-state index < -0.39 is 0 Å². The second kappa shape index (κ2) is 7.58. The number of imidazole rings is 1. The van der Waals surface area contributed by atoms with Crippen LogP contribution in [0.5, 0.6) is 0 Å². The molecule has 0 bridgehead atoms. The third kappa shape index (κ3) is 4.18. The van der Waals surface area contributed by atoms with Crippen LogP contribution in [0.3, 0.4) is 0 Å². The van der Waals surface area contributed by atoms with Gasteiger partial charge >= 0.3 is 5.97 Å². The van der Waals surface area contributed by atoms with Crippen molar-refractivity contribution >= 4 is 11.9 Å². The minimum absolute atomic E-state index is 0.173. The van der Waals surface area contributed by atoms with Gasteiger partial charge in [0.2, 0.25) is 0 Å². The number of carbonyl (C=O) groups excluding carboxylic acids is 2. The minimum Gasteiger partial charge on any atom is -0.466 e. The largest absolute Gasteiger partial charge is 0.466 e. The van der Waals surface area contributed by atoms with Crippen LogP contribution in [0.25, 0.3) is 11.3 Å². The topological polar surface area (TPSA) is 64.4 Å². The highest BCUT2D eigenvalue weighted by Gasteiger charge is 2.19. The van der Waals surface area contributed by atoms with Crippen LogP contribution < -0.4 is 0 Å². The fraction of sp³-hybridized carbons (Fsp3) is 0.353. The SMILES string of the molecule is CCOC(=O)CCN(C)C(=O)c1nc(-c2ccccc2)cn1C. The maximum atomic E-state index is 12.5. The molecule has 0 saturated carbocycles. The van der Waals surface area contributed by atoms with Gasteiger partial charge in [0.25, 0.3) is 5.91 Å². The molecule has 1 heterocycles. The van der Waals surface area contributed by atoms with Crippen LogP contribution >= 0.6 is 0 Å². The summed E-state index contributed by atoms with van der Waals surface area (Å²) in [6, 6.07) is 9.68. The van der Waals surface area contributed by atoms with Gasteiger partial charge in [0.15, 0.2) is 5.82 Å². The van der Waals surface area contributed by atoms with Crippen LogP contribution in [0.15, 0.2) is 36.5 Å². The normalized spacial score (nSPS) is 10.4. The van der Waals surface area contributed by atoms with Crippen molar-refractivity contribution in [1.82, 2.24) is 14.5 Å². The van der Waals surface area contributed by atoms with Gasteiger partial charge in [-0.1, -0.05) is 30.3 Å². The van der Waals surface area contributed by atoms with Crippen LogP contribution in [0.2, 0.25) is 0 Å². The third-order valence-corrected chi connectivity index (χ3v) is 3.44. The predicted octanol–water partition coefficient (Wildman–Crippen LogP) is 2.11. The number of rotatable bonds is 6. The number of carbonyl (C=O) groups is 2. The standard InChI is InChI=1S/C17H21N3O3/c1-4-23-15(21)10-11-19(2)17(22)16-18-14(12-20(16)3)13-8-6-5-7-9-13/h5-9,12H,4,10-11H2,1-3H3. The van der Waals surface area contributed by atoms with E-state index in [1.807, 2.05) is 36.5 Å². The molecule has 2 aromatic rings. The lowest BCUT2D eigenvalue weighted by Gasteiger charge is -2.16. The van der Waals surface area contributed by atoms with Crippen LogP contribution in [0, 0.1) is 0 Å². The highest BCUT2D eigenvalue weighted by Crippen LogP contribution is 2.18. The van der Waals surface area contributed by atoms with Crippen molar-refractivity contribution in [3.8, 4) is 11.3 Å². The van der Waals surface area contributed by atoms with Crippen molar-refractivity contribution in [3.05, 3.63) is 42.4 Å². The van der Waals surface area contributed by atoms with E-state index in [1.165, 1.54) is 4.90 Å². The highest BCUT2D eigenvalue weighted by atomic mass is 16.5. The first-order valence-electron chi connectivity index (χ1n) is 7.52. The number of hydrogen-bond donors (Lipinski definition) is 0. The van der Waals surface area contributed by atoms with E-state index >= 15 is 0 Å². The van der Waals surface area contributed by atoms with E-state index in [0.29, 0.717) is 19.0 Å². The quantitative estimate of drug-likeness (QED) is 0.766. The summed E-state index contributed by atoms with van der Waals surface area (Å²) in [6.45, 7) is 2.40. The van der Waals surface area contributed by atoms with Gasteiger partial charge in [-0.15, -0.1) is 0 Å². The van der Waals surface area contributed by atoms with Gasteiger partial charge in [0.1, 0.15) is 0 Å². The molecule has 6 nitrogen and oxygen atoms in total. The van der Waals surface area contributed by atoms with Gasteiger partial charge in [-0.3, -0.25) is 9.59 Å². The molecule has 0 saturated heterocycles. The zero-order valence-corrected chi connectivity index (χ0v) is 13.7. The first-order chi connectivity index (χ1) is 11.0. The van der Waals surface area contributed by atoms with E-state index in [2.05, 4.69) is 4.98 Å². The van der Waals surface area contributed by atoms with Crippen LogP contribution in [0.4, 0.5) is 0 Å². The summed E-state index contributed by atoms with van der Waals surface area (Å²) < 4.78 is 6.57. The second-order valence-corrected chi connectivity index (χ2v) is 5.21. The number of benzene rings is 1. The minimum atomic E-state index is -0.308. The van der Waals surface area contributed by atoms with Crippen molar-refractivity contribution in [1.29, 1.82) is 0 Å². The highest BCUT2D eigenvalue weighted by molar-refractivity contribution is 5.91. The Morgan fingerprint density at radius 1 is 1.26 bits per heavy atom. The molecule has 1 aromatic carbocycles. The van der Waals surface area contributed by atoms with Crippen molar-refractivity contribution in [3.63, 3.8) is 0 Å². The van der Waals surface area contributed by atoms with Gasteiger partial charge in [-0.05, 0) is 6.92 Å². The molecule has 1 aromatic heterocycles. The molecule has 0 aliphatic carbocycles. The molecule has 0 radical (unpaired) electrons. The summed E-state index contributed by atoms with van der Waals surface area (Å²) in [6.07, 6.45) is 1.99. The Labute approximate surface area is 135 Å². The summed E-state index contributed by atoms with van der Waals surface area (Å²) in [5.41, 5.74) is 1.70. The van der Waals surface area contributed by atoms with Crippen LogP contribution in [0.1, 0.15) is 24.0 Å². The molecule has 122 valence electrons. The van der Waals surface area contributed by atoms with Crippen molar-refractivity contribution in [2.45, 2.75) is 13.3 Å². The van der Waals surface area contributed by atoms with E-state index in [9.17, 15) is 9.59 Å². The van der Waals surface area contributed by atoms with Gasteiger partial charge in [0, 0.05) is 32.4 Å². The molecule has 0 aliphatic heterocycles. The predicted molar refractivity (Wildman–Crippen MR) is 86.9 cm³/mol. The summed E-state index contributed by atoms with van der Waals surface area (Å²) in [5, 5.41) is 0. The lowest BCUT2D eigenvalue weighted by molar-refractivity contribution is -0.143.